The average molecular weight is 359 g/mol. The second kappa shape index (κ2) is 5.85. The molecule has 0 unspecified atom stereocenters. The van der Waals surface area contributed by atoms with E-state index >= 15 is 0 Å². The smallest absolute Gasteiger partial charge is 0.0787 e. The summed E-state index contributed by atoms with van der Waals surface area (Å²) in [6.07, 6.45) is 1.86. The normalized spacial score (nSPS) is 11.0. The van der Waals surface area contributed by atoms with Crippen molar-refractivity contribution >= 4 is 32.7 Å². The molecule has 3 heteroatoms. The molecule has 0 saturated carbocycles. The Bertz CT molecular complexity index is 1170. The number of nitrogens with zero attached hydrogens (tertiary/aromatic N) is 2. The molecular formula is C21H13N2Zn-. The molecule has 110 valence electrons. The minimum absolute atomic E-state index is 0. The van der Waals surface area contributed by atoms with Gasteiger partial charge >= 0.3 is 0 Å². The van der Waals surface area contributed by atoms with Crippen molar-refractivity contribution in [1.82, 2.24) is 9.97 Å². The van der Waals surface area contributed by atoms with Crippen LogP contribution in [-0.2, 0) is 19.5 Å². The van der Waals surface area contributed by atoms with Crippen molar-refractivity contribution in [3.05, 3.63) is 79.0 Å². The topological polar surface area (TPSA) is 27.0 Å². The van der Waals surface area contributed by atoms with Crippen molar-refractivity contribution in [2.24, 2.45) is 0 Å². The van der Waals surface area contributed by atoms with E-state index in [1.165, 1.54) is 10.8 Å². The first-order valence-corrected chi connectivity index (χ1v) is 7.69. The Labute approximate surface area is 152 Å². The van der Waals surface area contributed by atoms with Gasteiger partial charge in [0.1, 0.15) is 0 Å². The molecule has 0 aliphatic carbocycles. The van der Waals surface area contributed by atoms with Gasteiger partial charge in [0.25, 0.3) is 0 Å². The summed E-state index contributed by atoms with van der Waals surface area (Å²) in [5.74, 6) is 0. The van der Waals surface area contributed by atoms with Crippen LogP contribution >= 0.6 is 0 Å². The Morgan fingerprint density at radius 1 is 0.667 bits per heavy atom. The molecule has 2 heterocycles. The van der Waals surface area contributed by atoms with Gasteiger partial charge in [-0.3, -0.25) is 0 Å². The third-order valence-corrected chi connectivity index (χ3v) is 4.36. The second-order valence-corrected chi connectivity index (χ2v) is 5.75. The summed E-state index contributed by atoms with van der Waals surface area (Å²) in [5.41, 5.74) is 5.37. The van der Waals surface area contributed by atoms with Crippen LogP contribution in [0.2, 0.25) is 0 Å². The molecule has 0 atom stereocenters. The number of benzene rings is 3. The van der Waals surface area contributed by atoms with Gasteiger partial charge in [-0.2, -0.15) is 6.20 Å². The Morgan fingerprint density at radius 2 is 1.42 bits per heavy atom. The van der Waals surface area contributed by atoms with Gasteiger partial charge in [0, 0.05) is 35.8 Å². The molecule has 0 saturated heterocycles. The predicted octanol–water partition coefficient (Wildman–Crippen LogP) is 5.16. The van der Waals surface area contributed by atoms with Crippen LogP contribution < -0.4 is 4.98 Å². The molecule has 2 aromatic heterocycles. The molecule has 0 aliphatic heterocycles. The Morgan fingerprint density at radius 3 is 2.33 bits per heavy atom. The molecule has 3 aromatic carbocycles. The van der Waals surface area contributed by atoms with Gasteiger partial charge in [-0.1, -0.05) is 60.7 Å². The first-order chi connectivity index (χ1) is 11.4. The molecule has 24 heavy (non-hydrogen) atoms. The summed E-state index contributed by atoms with van der Waals surface area (Å²) in [4.78, 5) is 9.45. The van der Waals surface area contributed by atoms with Crippen LogP contribution in [0, 0.1) is 0 Å². The van der Waals surface area contributed by atoms with E-state index in [-0.39, 0.29) is 19.5 Å². The maximum atomic E-state index is 4.92. The fourth-order valence-corrected chi connectivity index (χ4v) is 3.27. The number of hydrogen-bond donors (Lipinski definition) is 0. The Kier molecular flexibility index (Phi) is 3.67. The summed E-state index contributed by atoms with van der Waals surface area (Å²) < 4.78 is 0. The fraction of sp³-hybridized carbons (Fsp3) is 0. The van der Waals surface area contributed by atoms with E-state index in [2.05, 4.69) is 59.6 Å². The summed E-state index contributed by atoms with van der Waals surface area (Å²) >= 11 is 0. The SMILES string of the molecule is [Zn].c1ccc2nc3c(-c4cccc5cc[n-]c45)cccc3cc2c1. The van der Waals surface area contributed by atoms with Gasteiger partial charge in [-0.25, -0.2) is 4.98 Å². The summed E-state index contributed by atoms with van der Waals surface area (Å²) in [6, 6.07) is 25.2. The maximum Gasteiger partial charge on any atom is 0.0787 e. The zero-order valence-electron chi connectivity index (χ0n) is 13.1. The largest absolute Gasteiger partial charge is 0.663 e. The molecule has 5 aromatic rings. The van der Waals surface area contributed by atoms with Crippen LogP contribution in [0.1, 0.15) is 0 Å². The molecule has 0 bridgehead atoms. The van der Waals surface area contributed by atoms with Crippen molar-refractivity contribution in [2.75, 3.05) is 0 Å². The van der Waals surface area contributed by atoms with Gasteiger partial charge in [-0.15, -0.1) is 5.52 Å². The van der Waals surface area contributed by atoms with Gasteiger partial charge in [0.2, 0.25) is 0 Å². The number of para-hydroxylation sites is 3. The van der Waals surface area contributed by atoms with E-state index in [1.54, 1.807) is 0 Å². The molecular weight excluding hydrogens is 346 g/mol. The Hall–Kier alpha value is -2.51. The molecule has 5 rings (SSSR count). The molecule has 0 aliphatic rings. The second-order valence-electron chi connectivity index (χ2n) is 5.75. The standard InChI is InChI=1S/C21H13N2.Zn/c1-2-10-19-15(5-1)13-16-7-4-9-18(21(16)23-19)17-8-3-6-14-11-12-22-20(14)17;/h1-13H;/q-1;. The minimum Gasteiger partial charge on any atom is -0.663 e. The first kappa shape index (κ1) is 15.0. The average Bonchev–Trinajstić information content (AvgIpc) is 3.08. The maximum absolute atomic E-state index is 4.92. The number of pyridine rings is 1. The monoisotopic (exact) mass is 357 g/mol. The van der Waals surface area contributed by atoms with Gasteiger partial charge in [0.05, 0.1) is 11.0 Å². The van der Waals surface area contributed by atoms with E-state index in [0.717, 1.165) is 33.1 Å². The van der Waals surface area contributed by atoms with Crippen LogP contribution in [-0.4, -0.2) is 4.98 Å². The van der Waals surface area contributed by atoms with Gasteiger partial charge in [0.15, 0.2) is 0 Å². The van der Waals surface area contributed by atoms with Gasteiger partial charge in [-0.05, 0) is 23.1 Å². The zero-order valence-corrected chi connectivity index (χ0v) is 16.1. The molecule has 0 fully saturated rings. The number of aromatic nitrogens is 2. The molecule has 0 N–H and O–H groups in total. The predicted molar refractivity (Wildman–Crippen MR) is 95.5 cm³/mol. The van der Waals surface area contributed by atoms with E-state index in [0.29, 0.717) is 0 Å². The van der Waals surface area contributed by atoms with E-state index in [1.807, 2.05) is 24.4 Å². The third-order valence-electron chi connectivity index (χ3n) is 4.36. The summed E-state index contributed by atoms with van der Waals surface area (Å²) in [5, 5.41) is 3.49. The molecule has 2 nitrogen and oxygen atoms in total. The number of rotatable bonds is 1. The zero-order chi connectivity index (χ0) is 15.2. The van der Waals surface area contributed by atoms with Crippen molar-refractivity contribution < 1.29 is 19.5 Å². The van der Waals surface area contributed by atoms with Crippen LogP contribution in [0.15, 0.2) is 79.0 Å². The van der Waals surface area contributed by atoms with Crippen LogP contribution in [0.4, 0.5) is 0 Å². The molecule has 0 amide bonds. The summed E-state index contributed by atoms with van der Waals surface area (Å²) in [6.45, 7) is 0. The van der Waals surface area contributed by atoms with Crippen LogP contribution in [0.25, 0.3) is 43.8 Å². The van der Waals surface area contributed by atoms with Gasteiger partial charge < -0.3 is 4.98 Å². The third kappa shape index (κ3) is 2.25. The first-order valence-electron chi connectivity index (χ1n) is 7.69. The number of fused-ring (bicyclic) bond motifs is 3. The van der Waals surface area contributed by atoms with Crippen molar-refractivity contribution in [2.45, 2.75) is 0 Å². The molecule has 0 spiro atoms. The van der Waals surface area contributed by atoms with Crippen molar-refractivity contribution in [3.63, 3.8) is 0 Å². The van der Waals surface area contributed by atoms with E-state index in [4.69, 9.17) is 4.98 Å². The molecule has 0 radical (unpaired) electrons. The van der Waals surface area contributed by atoms with Crippen molar-refractivity contribution in [3.8, 4) is 11.1 Å². The van der Waals surface area contributed by atoms with Crippen LogP contribution in [0.5, 0.6) is 0 Å². The minimum atomic E-state index is 0. The van der Waals surface area contributed by atoms with E-state index < -0.39 is 0 Å². The van der Waals surface area contributed by atoms with Crippen LogP contribution in [0.3, 0.4) is 0 Å². The Balaban J connectivity index is 0.00000146. The number of hydrogen-bond acceptors (Lipinski definition) is 1. The van der Waals surface area contributed by atoms with E-state index in [9.17, 15) is 0 Å². The fourth-order valence-electron chi connectivity index (χ4n) is 3.27. The summed E-state index contributed by atoms with van der Waals surface area (Å²) in [7, 11) is 0. The quantitative estimate of drug-likeness (QED) is 0.305. The van der Waals surface area contributed by atoms with Crippen molar-refractivity contribution in [1.29, 1.82) is 0 Å².